The molecule has 1 aliphatic rings. The minimum absolute atomic E-state index is 0.204. The molecule has 3 rings (SSSR count). The zero-order valence-electron chi connectivity index (χ0n) is 16.5. The minimum Gasteiger partial charge on any atom is -0.403 e. The number of benzene rings is 2. The molecule has 0 aromatic heterocycles. The van der Waals surface area contributed by atoms with Crippen LogP contribution in [0, 0.1) is 0 Å². The van der Waals surface area contributed by atoms with Gasteiger partial charge in [-0.15, -0.1) is 0 Å². The molecule has 1 atom stereocenters. The zero-order valence-corrected chi connectivity index (χ0v) is 16.5. The summed E-state index contributed by atoms with van der Waals surface area (Å²) in [5.41, 5.74) is 3.23. The minimum atomic E-state index is -0.295. The quantitative estimate of drug-likeness (QED) is 0.620. The van der Waals surface area contributed by atoms with Crippen molar-refractivity contribution in [3.05, 3.63) is 77.9 Å². The fourth-order valence-electron chi connectivity index (χ4n) is 3.37. The molecule has 0 saturated carbocycles. The topological polar surface area (TPSA) is 18.5 Å². The Kier molecular flexibility index (Phi) is 5.41. The van der Waals surface area contributed by atoms with Crippen LogP contribution in [0.4, 0.5) is 0 Å². The molecule has 0 aliphatic carbocycles. The van der Waals surface area contributed by atoms with Crippen LogP contribution in [0.2, 0.25) is 6.32 Å². The van der Waals surface area contributed by atoms with Crippen LogP contribution in [0.3, 0.4) is 0 Å². The van der Waals surface area contributed by atoms with Gasteiger partial charge in [-0.05, 0) is 57.6 Å². The van der Waals surface area contributed by atoms with E-state index in [9.17, 15) is 0 Å². The summed E-state index contributed by atoms with van der Waals surface area (Å²) >= 11 is 0. The Balaban J connectivity index is 1.86. The van der Waals surface area contributed by atoms with Crippen LogP contribution in [-0.4, -0.2) is 18.3 Å². The van der Waals surface area contributed by atoms with Crippen LogP contribution in [-0.2, 0) is 9.31 Å². The van der Waals surface area contributed by atoms with Crippen LogP contribution in [0.25, 0.3) is 5.57 Å². The van der Waals surface area contributed by atoms with Gasteiger partial charge >= 0.3 is 7.12 Å². The lowest BCUT2D eigenvalue weighted by atomic mass is 9.74. The van der Waals surface area contributed by atoms with Crippen molar-refractivity contribution < 1.29 is 9.31 Å². The lowest BCUT2D eigenvalue weighted by Gasteiger charge is -2.32. The summed E-state index contributed by atoms with van der Waals surface area (Å²) in [7, 11) is -0.204. The summed E-state index contributed by atoms with van der Waals surface area (Å²) in [5.74, 6) is 0.242. The summed E-state index contributed by atoms with van der Waals surface area (Å²) in [4.78, 5) is 0. The van der Waals surface area contributed by atoms with Crippen LogP contribution in [0.1, 0.15) is 51.7 Å². The maximum absolute atomic E-state index is 6.25. The van der Waals surface area contributed by atoms with Gasteiger partial charge in [0.1, 0.15) is 0 Å². The van der Waals surface area contributed by atoms with Crippen molar-refractivity contribution in [3.63, 3.8) is 0 Å². The Morgan fingerprint density at radius 2 is 1.38 bits per heavy atom. The Morgan fingerprint density at radius 1 is 0.885 bits per heavy atom. The summed E-state index contributed by atoms with van der Waals surface area (Å²) in [6.07, 6.45) is 3.15. The molecule has 1 aliphatic heterocycles. The largest absolute Gasteiger partial charge is 0.458 e. The van der Waals surface area contributed by atoms with Gasteiger partial charge in [-0.2, -0.15) is 0 Å². The van der Waals surface area contributed by atoms with Gasteiger partial charge in [-0.25, -0.2) is 0 Å². The molecule has 1 fully saturated rings. The molecule has 0 N–H and O–H groups in total. The third-order valence-electron chi connectivity index (χ3n) is 5.66. The summed E-state index contributed by atoms with van der Waals surface area (Å²) in [6, 6.07) is 21.1. The first-order valence-corrected chi connectivity index (χ1v) is 9.43. The third kappa shape index (κ3) is 4.11. The van der Waals surface area contributed by atoms with Gasteiger partial charge < -0.3 is 9.31 Å². The average Bonchev–Trinajstić information content (AvgIpc) is 2.82. The maximum Gasteiger partial charge on any atom is 0.458 e. The molecular weight excluding hydrogens is 319 g/mol. The van der Waals surface area contributed by atoms with Crippen LogP contribution in [0.5, 0.6) is 0 Å². The van der Waals surface area contributed by atoms with E-state index in [0.29, 0.717) is 0 Å². The number of hydrogen-bond acceptors (Lipinski definition) is 2. The molecule has 3 heteroatoms. The van der Waals surface area contributed by atoms with Gasteiger partial charge in [-0.3, -0.25) is 0 Å². The van der Waals surface area contributed by atoms with E-state index in [4.69, 9.17) is 9.31 Å². The van der Waals surface area contributed by atoms with E-state index in [1.807, 2.05) is 0 Å². The van der Waals surface area contributed by atoms with E-state index in [1.54, 1.807) is 0 Å². The highest BCUT2D eigenvalue weighted by Crippen LogP contribution is 2.40. The van der Waals surface area contributed by atoms with E-state index in [1.165, 1.54) is 16.7 Å². The maximum atomic E-state index is 6.25. The lowest BCUT2D eigenvalue weighted by Crippen LogP contribution is -2.41. The molecule has 136 valence electrons. The van der Waals surface area contributed by atoms with Gasteiger partial charge in [-0.1, -0.05) is 66.7 Å². The number of allylic oxidation sites excluding steroid dienone is 2. The summed E-state index contributed by atoms with van der Waals surface area (Å²) < 4.78 is 12.5. The fraction of sp³-hybridized carbons (Fsp3) is 0.391. The molecule has 2 aromatic carbocycles. The monoisotopic (exact) mass is 348 g/mol. The lowest BCUT2D eigenvalue weighted by molar-refractivity contribution is 0.00578. The first kappa shape index (κ1) is 18.9. The fourth-order valence-corrected chi connectivity index (χ4v) is 3.37. The van der Waals surface area contributed by atoms with Crippen molar-refractivity contribution in [1.82, 2.24) is 0 Å². The number of rotatable bonds is 5. The molecule has 0 amide bonds. The molecular formula is C23H29BO2. The highest BCUT2D eigenvalue weighted by Gasteiger charge is 2.51. The van der Waals surface area contributed by atoms with E-state index in [-0.39, 0.29) is 24.2 Å². The highest BCUT2D eigenvalue weighted by atomic mass is 16.7. The van der Waals surface area contributed by atoms with Crippen LogP contribution < -0.4 is 0 Å². The zero-order chi connectivity index (χ0) is 18.8. The first-order chi connectivity index (χ1) is 12.3. The normalized spacial score (nSPS) is 20.2. The Hall–Kier alpha value is -1.84. The van der Waals surface area contributed by atoms with Gasteiger partial charge in [0.15, 0.2) is 0 Å². The third-order valence-corrected chi connectivity index (χ3v) is 5.66. The molecule has 0 spiro atoms. The molecule has 0 unspecified atom stereocenters. The molecule has 1 heterocycles. The van der Waals surface area contributed by atoms with E-state index < -0.39 is 0 Å². The predicted molar refractivity (Wildman–Crippen MR) is 110 cm³/mol. The molecule has 2 aromatic rings. The van der Waals surface area contributed by atoms with Gasteiger partial charge in [0.25, 0.3) is 0 Å². The van der Waals surface area contributed by atoms with Gasteiger partial charge in [0.2, 0.25) is 0 Å². The van der Waals surface area contributed by atoms with Crippen molar-refractivity contribution in [1.29, 1.82) is 0 Å². The average molecular weight is 348 g/mol. The molecule has 1 saturated heterocycles. The van der Waals surface area contributed by atoms with E-state index in [2.05, 4.69) is 101 Å². The second-order valence-electron chi connectivity index (χ2n) is 8.15. The van der Waals surface area contributed by atoms with E-state index >= 15 is 0 Å². The summed E-state index contributed by atoms with van der Waals surface area (Å²) in [6.45, 7) is 10.6. The smallest absolute Gasteiger partial charge is 0.403 e. The molecule has 0 bridgehead atoms. The van der Waals surface area contributed by atoms with Crippen molar-refractivity contribution in [2.24, 2.45) is 0 Å². The second kappa shape index (κ2) is 7.42. The molecule has 26 heavy (non-hydrogen) atoms. The van der Waals surface area contributed by atoms with Crippen LogP contribution >= 0.6 is 0 Å². The molecule has 2 nitrogen and oxygen atoms in total. The van der Waals surface area contributed by atoms with Gasteiger partial charge in [0, 0.05) is 5.92 Å². The van der Waals surface area contributed by atoms with Crippen molar-refractivity contribution in [3.8, 4) is 0 Å². The van der Waals surface area contributed by atoms with Crippen LogP contribution in [0.15, 0.2) is 66.7 Å². The standard InChI is InChI=1S/C23H29BO2/c1-18(19-12-8-6-9-13-19)16-21(20-14-10-7-11-15-20)17-24-25-22(2,3)23(4,5)26-24/h6-16,21H,17H2,1-5H3/b18-16+/t21-/m0/s1. The van der Waals surface area contributed by atoms with E-state index in [0.717, 1.165) is 6.32 Å². The van der Waals surface area contributed by atoms with Crippen molar-refractivity contribution in [2.75, 3.05) is 0 Å². The second-order valence-corrected chi connectivity index (χ2v) is 8.15. The van der Waals surface area contributed by atoms with Gasteiger partial charge in [0.05, 0.1) is 11.2 Å². The SMILES string of the molecule is C/C(=C\[C@@H](CB1OC(C)(C)C(C)(C)O1)c1ccccc1)c1ccccc1. The summed E-state index contributed by atoms with van der Waals surface area (Å²) in [5, 5.41) is 0. The van der Waals surface area contributed by atoms with Crippen molar-refractivity contribution in [2.45, 2.75) is 58.1 Å². The van der Waals surface area contributed by atoms with Crippen molar-refractivity contribution >= 4 is 12.7 Å². The predicted octanol–water partition coefficient (Wildman–Crippen LogP) is 5.97. The Labute approximate surface area is 158 Å². The Bertz CT molecular complexity index is 734. The number of hydrogen-bond donors (Lipinski definition) is 0. The highest BCUT2D eigenvalue weighted by molar-refractivity contribution is 6.45. The molecule has 0 radical (unpaired) electrons. The Morgan fingerprint density at radius 3 is 1.92 bits per heavy atom. The first-order valence-electron chi connectivity index (χ1n) is 9.43.